The highest BCUT2D eigenvalue weighted by Crippen LogP contribution is 2.25. The number of piperidine rings is 1. The summed E-state index contributed by atoms with van der Waals surface area (Å²) in [7, 11) is 1.61. The quantitative estimate of drug-likeness (QED) is 0.630. The second-order valence-corrected chi connectivity index (χ2v) is 8.13. The molecule has 4 rings (SSSR count). The summed E-state index contributed by atoms with van der Waals surface area (Å²) >= 11 is 0. The molecule has 2 aromatic carbocycles. The van der Waals surface area contributed by atoms with E-state index in [-0.39, 0.29) is 23.7 Å². The molecule has 2 aliphatic rings. The van der Waals surface area contributed by atoms with Crippen LogP contribution < -0.4 is 9.47 Å². The Morgan fingerprint density at radius 2 is 1.77 bits per heavy atom. The smallest absolute Gasteiger partial charge is 0.253 e. The fraction of sp³-hybridized carbons (Fsp3) is 0.440. The van der Waals surface area contributed by atoms with Crippen molar-refractivity contribution in [1.82, 2.24) is 4.90 Å². The zero-order valence-corrected chi connectivity index (χ0v) is 17.9. The maximum Gasteiger partial charge on any atom is 0.253 e. The summed E-state index contributed by atoms with van der Waals surface area (Å²) in [5.74, 6) is 1.49. The number of Topliss-reactive ketones (excluding diaryl/α,β-unsaturated/α-hetero) is 1. The summed E-state index contributed by atoms with van der Waals surface area (Å²) < 4.78 is 16.6. The van der Waals surface area contributed by atoms with Crippen LogP contribution in [0.3, 0.4) is 0 Å². The van der Waals surface area contributed by atoms with Crippen LogP contribution in [0.5, 0.6) is 11.5 Å². The molecule has 164 valence electrons. The van der Waals surface area contributed by atoms with Crippen molar-refractivity contribution in [3.63, 3.8) is 0 Å². The van der Waals surface area contributed by atoms with Crippen molar-refractivity contribution in [1.29, 1.82) is 0 Å². The fourth-order valence-corrected chi connectivity index (χ4v) is 4.20. The van der Waals surface area contributed by atoms with Gasteiger partial charge in [-0.2, -0.15) is 0 Å². The number of likely N-dealkylation sites (tertiary alicyclic amines) is 1. The molecule has 2 aromatic rings. The van der Waals surface area contributed by atoms with Gasteiger partial charge in [0.2, 0.25) is 0 Å². The van der Waals surface area contributed by atoms with Gasteiger partial charge in [-0.3, -0.25) is 9.59 Å². The number of methoxy groups -OCH3 is 1. The molecule has 0 spiro atoms. The van der Waals surface area contributed by atoms with Crippen molar-refractivity contribution in [3.8, 4) is 11.5 Å². The van der Waals surface area contributed by atoms with Crippen molar-refractivity contribution in [3.05, 3.63) is 59.7 Å². The molecule has 31 heavy (non-hydrogen) atoms. The number of amides is 1. The summed E-state index contributed by atoms with van der Waals surface area (Å²) in [5.41, 5.74) is 1.31. The summed E-state index contributed by atoms with van der Waals surface area (Å²) in [5, 5.41) is 0. The molecule has 0 unspecified atom stereocenters. The SMILES string of the molecule is COc1ccc(C(=O)C2CCN(C(=O)c3cccc(OC[C@@H]4CCCO4)c3)CC2)cc1. The average Bonchev–Trinajstić information content (AvgIpc) is 3.36. The largest absolute Gasteiger partial charge is 0.497 e. The highest BCUT2D eigenvalue weighted by molar-refractivity contribution is 5.98. The Morgan fingerprint density at radius 1 is 1.00 bits per heavy atom. The number of hydrogen-bond acceptors (Lipinski definition) is 5. The van der Waals surface area contributed by atoms with E-state index in [0.29, 0.717) is 49.4 Å². The first-order valence-corrected chi connectivity index (χ1v) is 11.0. The molecular formula is C25H29NO5. The first-order valence-electron chi connectivity index (χ1n) is 11.0. The summed E-state index contributed by atoms with van der Waals surface area (Å²) in [6.07, 6.45) is 3.57. The lowest BCUT2D eigenvalue weighted by atomic mass is 9.88. The molecular weight excluding hydrogens is 394 g/mol. The molecule has 6 heteroatoms. The third kappa shape index (κ3) is 5.25. The van der Waals surface area contributed by atoms with Gasteiger partial charge in [0.25, 0.3) is 5.91 Å². The minimum atomic E-state index is -0.0569. The molecule has 6 nitrogen and oxygen atoms in total. The molecule has 2 aliphatic heterocycles. The van der Waals surface area contributed by atoms with Crippen LogP contribution in [0.4, 0.5) is 0 Å². The predicted octanol–water partition coefficient (Wildman–Crippen LogP) is 3.99. The molecule has 1 amide bonds. The van der Waals surface area contributed by atoms with Gasteiger partial charge in [-0.1, -0.05) is 6.07 Å². The zero-order valence-electron chi connectivity index (χ0n) is 17.9. The van der Waals surface area contributed by atoms with Gasteiger partial charge >= 0.3 is 0 Å². The van der Waals surface area contributed by atoms with Gasteiger partial charge < -0.3 is 19.1 Å². The number of ether oxygens (including phenoxy) is 3. The Labute approximate surface area is 183 Å². The number of ketones is 1. The van der Waals surface area contributed by atoms with E-state index in [9.17, 15) is 9.59 Å². The molecule has 0 N–H and O–H groups in total. The molecule has 0 bridgehead atoms. The van der Waals surface area contributed by atoms with Crippen molar-refractivity contribution in [2.75, 3.05) is 33.4 Å². The molecule has 0 radical (unpaired) electrons. The van der Waals surface area contributed by atoms with E-state index in [1.165, 1.54) is 0 Å². The lowest BCUT2D eigenvalue weighted by Crippen LogP contribution is -2.40. The first kappa shape index (κ1) is 21.4. The van der Waals surface area contributed by atoms with Crippen LogP contribution in [-0.2, 0) is 4.74 Å². The van der Waals surface area contributed by atoms with E-state index in [1.807, 2.05) is 23.1 Å². The van der Waals surface area contributed by atoms with E-state index in [1.54, 1.807) is 37.4 Å². The summed E-state index contributed by atoms with van der Waals surface area (Å²) in [6.45, 7) is 2.46. The number of hydrogen-bond donors (Lipinski definition) is 0. The van der Waals surface area contributed by atoms with Crippen LogP contribution >= 0.6 is 0 Å². The van der Waals surface area contributed by atoms with Gasteiger partial charge in [-0.15, -0.1) is 0 Å². The Morgan fingerprint density at radius 3 is 2.45 bits per heavy atom. The van der Waals surface area contributed by atoms with Crippen LogP contribution in [0.1, 0.15) is 46.4 Å². The number of carbonyl (C=O) groups excluding carboxylic acids is 2. The van der Waals surface area contributed by atoms with E-state index in [2.05, 4.69) is 0 Å². The molecule has 0 aromatic heterocycles. The Bertz CT molecular complexity index is 896. The lowest BCUT2D eigenvalue weighted by Gasteiger charge is -2.31. The second kappa shape index (κ2) is 9.96. The third-order valence-electron chi connectivity index (χ3n) is 6.07. The maximum atomic E-state index is 13.0. The second-order valence-electron chi connectivity index (χ2n) is 8.13. The van der Waals surface area contributed by atoms with Crippen LogP contribution in [-0.4, -0.2) is 56.1 Å². The molecule has 2 heterocycles. The minimum Gasteiger partial charge on any atom is -0.497 e. The predicted molar refractivity (Wildman–Crippen MR) is 117 cm³/mol. The highest BCUT2D eigenvalue weighted by Gasteiger charge is 2.28. The Hall–Kier alpha value is -2.86. The van der Waals surface area contributed by atoms with E-state index >= 15 is 0 Å². The average molecular weight is 424 g/mol. The molecule has 2 fully saturated rings. The third-order valence-corrected chi connectivity index (χ3v) is 6.07. The lowest BCUT2D eigenvalue weighted by molar-refractivity contribution is 0.0645. The van der Waals surface area contributed by atoms with Crippen LogP contribution in [0.2, 0.25) is 0 Å². The fourth-order valence-electron chi connectivity index (χ4n) is 4.20. The van der Waals surface area contributed by atoms with Gasteiger partial charge in [0.1, 0.15) is 18.1 Å². The van der Waals surface area contributed by atoms with E-state index in [4.69, 9.17) is 14.2 Å². The van der Waals surface area contributed by atoms with Crippen molar-refractivity contribution >= 4 is 11.7 Å². The minimum absolute atomic E-state index is 0.0158. The van der Waals surface area contributed by atoms with Gasteiger partial charge in [-0.05, 0) is 68.1 Å². The summed E-state index contributed by atoms with van der Waals surface area (Å²) in [6, 6.07) is 14.5. The van der Waals surface area contributed by atoms with Crippen LogP contribution in [0.15, 0.2) is 48.5 Å². The van der Waals surface area contributed by atoms with Gasteiger partial charge in [0.05, 0.1) is 13.2 Å². The van der Waals surface area contributed by atoms with Crippen molar-refractivity contribution in [2.24, 2.45) is 5.92 Å². The Kier molecular flexibility index (Phi) is 6.87. The van der Waals surface area contributed by atoms with Crippen LogP contribution in [0.25, 0.3) is 0 Å². The molecule has 0 saturated carbocycles. The normalized spacial score (nSPS) is 19.3. The Balaban J connectivity index is 1.31. The van der Waals surface area contributed by atoms with E-state index < -0.39 is 0 Å². The van der Waals surface area contributed by atoms with Crippen LogP contribution in [0, 0.1) is 5.92 Å². The number of carbonyl (C=O) groups is 2. The number of benzene rings is 2. The summed E-state index contributed by atoms with van der Waals surface area (Å²) in [4.78, 5) is 27.6. The van der Waals surface area contributed by atoms with Crippen molar-refractivity contribution in [2.45, 2.75) is 31.8 Å². The number of rotatable bonds is 7. The standard InChI is InChI=1S/C25H29NO5/c1-29-21-9-7-18(8-10-21)24(27)19-11-13-26(14-12-19)25(28)20-4-2-5-22(16-20)31-17-23-6-3-15-30-23/h2,4-5,7-10,16,19,23H,3,6,11-15,17H2,1H3/t23-/m0/s1. The monoisotopic (exact) mass is 423 g/mol. The zero-order chi connectivity index (χ0) is 21.6. The van der Waals surface area contributed by atoms with Gasteiger partial charge in [0, 0.05) is 36.7 Å². The molecule has 0 aliphatic carbocycles. The number of nitrogens with zero attached hydrogens (tertiary/aromatic N) is 1. The topological polar surface area (TPSA) is 65.1 Å². The first-order chi connectivity index (χ1) is 15.1. The maximum absolute atomic E-state index is 13.0. The highest BCUT2D eigenvalue weighted by atomic mass is 16.5. The van der Waals surface area contributed by atoms with Gasteiger partial charge in [0.15, 0.2) is 5.78 Å². The van der Waals surface area contributed by atoms with Crippen molar-refractivity contribution < 1.29 is 23.8 Å². The van der Waals surface area contributed by atoms with Gasteiger partial charge in [-0.25, -0.2) is 0 Å². The molecule has 2 saturated heterocycles. The van der Waals surface area contributed by atoms with E-state index in [0.717, 1.165) is 25.2 Å². The molecule has 1 atom stereocenters.